The van der Waals surface area contributed by atoms with Crippen molar-refractivity contribution in [2.24, 2.45) is 5.92 Å². The molecule has 2 aliphatic rings. The van der Waals surface area contributed by atoms with E-state index in [9.17, 15) is 5.11 Å². The number of hydrogen-bond acceptors (Lipinski definition) is 3. The van der Waals surface area contributed by atoms with Gasteiger partial charge in [-0.1, -0.05) is 36.4 Å². The predicted octanol–water partition coefficient (Wildman–Crippen LogP) is 3.17. The molecule has 0 spiro atoms. The lowest BCUT2D eigenvalue weighted by molar-refractivity contribution is -0.406. The second kappa shape index (κ2) is 5.08. The highest BCUT2D eigenvalue weighted by Crippen LogP contribution is 2.45. The van der Waals surface area contributed by atoms with E-state index in [2.05, 4.69) is 6.58 Å². The molecule has 1 heterocycles. The van der Waals surface area contributed by atoms with E-state index < -0.39 is 5.60 Å². The van der Waals surface area contributed by atoms with Gasteiger partial charge in [0.25, 0.3) is 0 Å². The molecule has 0 radical (unpaired) electrons. The summed E-state index contributed by atoms with van der Waals surface area (Å²) >= 11 is 0. The van der Waals surface area contributed by atoms with Crippen LogP contribution in [0.15, 0.2) is 43.0 Å². The van der Waals surface area contributed by atoms with Crippen molar-refractivity contribution in [2.75, 3.05) is 0 Å². The molecule has 2 fully saturated rings. The minimum Gasteiger partial charge on any atom is -0.390 e. The van der Waals surface area contributed by atoms with Gasteiger partial charge in [0.2, 0.25) is 0 Å². The molecule has 1 saturated carbocycles. The first-order valence-corrected chi connectivity index (χ1v) is 6.89. The van der Waals surface area contributed by atoms with Gasteiger partial charge in [0, 0.05) is 11.5 Å². The molecule has 2 atom stereocenters. The van der Waals surface area contributed by atoms with Crippen molar-refractivity contribution in [1.29, 1.82) is 0 Å². The zero-order valence-corrected chi connectivity index (χ0v) is 11.0. The quantitative estimate of drug-likeness (QED) is 0.845. The van der Waals surface area contributed by atoms with Crippen molar-refractivity contribution in [1.82, 2.24) is 0 Å². The first-order valence-electron chi connectivity index (χ1n) is 6.89. The molecule has 1 aliphatic carbocycles. The fourth-order valence-electron chi connectivity index (χ4n) is 3.08. The Balaban J connectivity index is 1.53. The van der Waals surface area contributed by atoms with Crippen LogP contribution in [-0.4, -0.2) is 17.0 Å². The van der Waals surface area contributed by atoms with E-state index in [1.807, 2.05) is 30.3 Å². The molecule has 0 aromatic heterocycles. The van der Waals surface area contributed by atoms with Gasteiger partial charge in [-0.05, 0) is 25.7 Å². The Kier molecular flexibility index (Phi) is 3.44. The highest BCUT2D eigenvalue weighted by atomic mass is 16.9. The van der Waals surface area contributed by atoms with Crippen molar-refractivity contribution in [3.05, 3.63) is 48.6 Å². The molecule has 19 heavy (non-hydrogen) atoms. The van der Waals surface area contributed by atoms with Crippen molar-refractivity contribution < 1.29 is 14.6 Å². The molecule has 3 rings (SSSR count). The number of hydrogen-bond donors (Lipinski definition) is 1. The number of aliphatic hydroxyl groups is 1. The summed E-state index contributed by atoms with van der Waals surface area (Å²) < 4.78 is 11.6. The van der Waals surface area contributed by atoms with Gasteiger partial charge >= 0.3 is 0 Å². The van der Waals surface area contributed by atoms with E-state index >= 15 is 0 Å². The molecule has 0 amide bonds. The summed E-state index contributed by atoms with van der Waals surface area (Å²) in [6.07, 6.45) is 4.55. The van der Waals surface area contributed by atoms with Gasteiger partial charge in [-0.2, -0.15) is 0 Å². The first kappa shape index (κ1) is 12.9. The lowest BCUT2D eigenvalue weighted by atomic mass is 9.96. The van der Waals surface area contributed by atoms with E-state index in [1.54, 1.807) is 6.08 Å². The lowest BCUT2D eigenvalue weighted by Crippen LogP contribution is -2.40. The Bertz CT molecular complexity index is 439. The average Bonchev–Trinajstić information content (AvgIpc) is 2.71. The van der Waals surface area contributed by atoms with Crippen molar-refractivity contribution in [3.63, 3.8) is 0 Å². The van der Waals surface area contributed by atoms with E-state index in [-0.39, 0.29) is 12.6 Å². The average molecular weight is 260 g/mol. The Hall–Kier alpha value is -1.16. The lowest BCUT2D eigenvalue weighted by Gasteiger charge is -2.40. The minimum absolute atomic E-state index is 0.163. The van der Waals surface area contributed by atoms with Crippen LogP contribution in [0.1, 0.15) is 37.5 Å². The van der Waals surface area contributed by atoms with Gasteiger partial charge in [0.05, 0.1) is 5.60 Å². The van der Waals surface area contributed by atoms with Crippen molar-refractivity contribution >= 4 is 0 Å². The number of benzene rings is 1. The second-order valence-electron chi connectivity index (χ2n) is 5.60. The standard InChI is InChI=1S/C16H20O3/c1-2-9-16(17)10-8-13(11-16)15-18-14(19-15)12-6-4-3-5-7-12/h2-7,13-15,17H,1,8-11H2. The molecule has 1 aliphatic heterocycles. The molecule has 102 valence electrons. The first-order chi connectivity index (χ1) is 9.20. The zero-order chi connectivity index (χ0) is 13.3. The molecule has 1 aromatic rings. The van der Waals surface area contributed by atoms with Crippen LogP contribution in [0.5, 0.6) is 0 Å². The maximum absolute atomic E-state index is 10.3. The van der Waals surface area contributed by atoms with Crippen LogP contribution in [0.4, 0.5) is 0 Å². The van der Waals surface area contributed by atoms with E-state index in [1.165, 1.54) is 0 Å². The summed E-state index contributed by atoms with van der Waals surface area (Å²) in [4.78, 5) is 0. The predicted molar refractivity (Wildman–Crippen MR) is 72.2 cm³/mol. The van der Waals surface area contributed by atoms with Crippen LogP contribution in [0.3, 0.4) is 0 Å². The van der Waals surface area contributed by atoms with Crippen LogP contribution in [0, 0.1) is 5.92 Å². The molecule has 3 heteroatoms. The monoisotopic (exact) mass is 260 g/mol. The van der Waals surface area contributed by atoms with Crippen molar-refractivity contribution in [2.45, 2.75) is 43.9 Å². The summed E-state index contributed by atoms with van der Waals surface area (Å²) in [5, 5.41) is 10.3. The molecule has 2 unspecified atom stereocenters. The molecular weight excluding hydrogens is 240 g/mol. The van der Waals surface area contributed by atoms with Crippen LogP contribution >= 0.6 is 0 Å². The molecular formula is C16H20O3. The highest BCUT2D eigenvalue weighted by Gasteiger charge is 2.45. The van der Waals surface area contributed by atoms with Gasteiger partial charge in [0.15, 0.2) is 12.6 Å². The minimum atomic E-state index is -0.600. The van der Waals surface area contributed by atoms with E-state index in [4.69, 9.17) is 9.47 Å². The van der Waals surface area contributed by atoms with E-state index in [0.29, 0.717) is 12.3 Å². The Morgan fingerprint density at radius 2 is 2.05 bits per heavy atom. The molecule has 1 N–H and O–H groups in total. The Labute approximate surface area is 113 Å². The maximum atomic E-state index is 10.3. The fraction of sp³-hybridized carbons (Fsp3) is 0.500. The Morgan fingerprint density at radius 3 is 2.74 bits per heavy atom. The largest absolute Gasteiger partial charge is 0.390 e. The van der Waals surface area contributed by atoms with Gasteiger partial charge in [0.1, 0.15) is 0 Å². The normalized spacial score (nSPS) is 37.8. The maximum Gasteiger partial charge on any atom is 0.189 e. The third-order valence-electron chi connectivity index (χ3n) is 4.12. The highest BCUT2D eigenvalue weighted by molar-refractivity contribution is 5.17. The molecule has 3 nitrogen and oxygen atoms in total. The van der Waals surface area contributed by atoms with Crippen molar-refractivity contribution in [3.8, 4) is 0 Å². The third-order valence-corrected chi connectivity index (χ3v) is 4.12. The van der Waals surface area contributed by atoms with Gasteiger partial charge < -0.3 is 14.6 Å². The van der Waals surface area contributed by atoms with Gasteiger partial charge in [-0.3, -0.25) is 0 Å². The zero-order valence-electron chi connectivity index (χ0n) is 11.0. The number of rotatable bonds is 4. The number of ether oxygens (including phenoxy) is 2. The summed E-state index contributed by atoms with van der Waals surface area (Å²) in [5.74, 6) is 0.296. The van der Waals surface area contributed by atoms with Gasteiger partial charge in [-0.15, -0.1) is 6.58 Å². The van der Waals surface area contributed by atoms with Crippen LogP contribution < -0.4 is 0 Å². The van der Waals surface area contributed by atoms with Gasteiger partial charge in [-0.25, -0.2) is 0 Å². The van der Waals surface area contributed by atoms with Crippen LogP contribution in [0.2, 0.25) is 0 Å². The SMILES string of the molecule is C=CCC1(O)CCC(C2OC(c3ccccc3)O2)C1. The smallest absolute Gasteiger partial charge is 0.189 e. The van der Waals surface area contributed by atoms with Crippen LogP contribution in [0.25, 0.3) is 0 Å². The van der Waals surface area contributed by atoms with Crippen LogP contribution in [-0.2, 0) is 9.47 Å². The summed E-state index contributed by atoms with van der Waals surface area (Å²) in [7, 11) is 0. The molecule has 0 bridgehead atoms. The second-order valence-corrected chi connectivity index (χ2v) is 5.60. The topological polar surface area (TPSA) is 38.7 Å². The summed E-state index contributed by atoms with van der Waals surface area (Å²) in [6, 6.07) is 9.95. The Morgan fingerprint density at radius 1 is 1.32 bits per heavy atom. The fourth-order valence-corrected chi connectivity index (χ4v) is 3.08. The third kappa shape index (κ3) is 2.59. The summed E-state index contributed by atoms with van der Waals surface area (Å²) in [5.41, 5.74) is 0.454. The van der Waals surface area contributed by atoms with E-state index in [0.717, 1.165) is 24.8 Å². The molecule has 1 saturated heterocycles. The molecule has 1 aromatic carbocycles. The summed E-state index contributed by atoms with van der Waals surface area (Å²) in [6.45, 7) is 3.70.